The molecule has 1 aliphatic heterocycles. The summed E-state index contributed by atoms with van der Waals surface area (Å²) >= 11 is 3.39. The lowest BCUT2D eigenvalue weighted by Crippen LogP contribution is -2.40. The molecule has 2 aromatic carbocycles. The molecule has 0 atom stereocenters. The molecule has 1 aliphatic rings. The van der Waals surface area contributed by atoms with Gasteiger partial charge in [-0.2, -0.15) is 0 Å². The molecule has 1 amide bonds. The number of ether oxygens (including phenoxy) is 1. The number of para-hydroxylation sites is 2. The Morgan fingerprint density at radius 3 is 2.71 bits per heavy atom. The van der Waals surface area contributed by atoms with E-state index in [4.69, 9.17) is 4.74 Å². The Kier molecular flexibility index (Phi) is 4.10. The molecule has 0 fully saturated rings. The van der Waals surface area contributed by atoms with Gasteiger partial charge in [0.2, 0.25) is 5.91 Å². The molecule has 0 aliphatic carbocycles. The normalized spacial score (nSPS) is 13.6. The Morgan fingerprint density at radius 1 is 1.14 bits per heavy atom. The summed E-state index contributed by atoms with van der Waals surface area (Å²) in [5.74, 6) is 0.838. The van der Waals surface area contributed by atoms with Crippen molar-refractivity contribution >= 4 is 33.2 Å². The lowest BCUT2D eigenvalue weighted by molar-refractivity contribution is -0.115. The van der Waals surface area contributed by atoms with E-state index in [0.29, 0.717) is 19.7 Å². The zero-order valence-corrected chi connectivity index (χ0v) is 13.0. The molecule has 108 valence electrons. The molecular formula is C16H15BrN2O2. The fraction of sp³-hybridized carbons (Fsp3) is 0.188. The number of fused-ring (bicyclic) bond motifs is 1. The standard InChI is InChI=1S/C16H15BrN2O2/c17-12-5-7-13(8-6-12)21-10-9-19-11-16(20)18-14-3-1-2-4-15(14)19/h1-8H,9-11H2,(H,18,20). The van der Waals surface area contributed by atoms with Gasteiger partial charge in [-0.15, -0.1) is 0 Å². The molecular weight excluding hydrogens is 332 g/mol. The van der Waals surface area contributed by atoms with Crippen molar-refractivity contribution in [2.24, 2.45) is 0 Å². The van der Waals surface area contributed by atoms with Crippen LogP contribution in [0.3, 0.4) is 0 Å². The predicted molar refractivity (Wildman–Crippen MR) is 86.9 cm³/mol. The number of amides is 1. The smallest absolute Gasteiger partial charge is 0.243 e. The maximum atomic E-state index is 11.7. The van der Waals surface area contributed by atoms with Crippen LogP contribution in [0.25, 0.3) is 0 Å². The van der Waals surface area contributed by atoms with Gasteiger partial charge in [-0.3, -0.25) is 4.79 Å². The second-order valence-electron chi connectivity index (χ2n) is 4.79. The van der Waals surface area contributed by atoms with Crippen LogP contribution in [-0.4, -0.2) is 25.6 Å². The summed E-state index contributed by atoms with van der Waals surface area (Å²) in [6.45, 7) is 1.56. The van der Waals surface area contributed by atoms with Gasteiger partial charge in [0.1, 0.15) is 12.4 Å². The molecule has 0 unspecified atom stereocenters. The molecule has 1 N–H and O–H groups in total. The third kappa shape index (κ3) is 3.36. The van der Waals surface area contributed by atoms with E-state index in [9.17, 15) is 4.79 Å². The summed E-state index contributed by atoms with van der Waals surface area (Å²) < 4.78 is 6.74. The van der Waals surface area contributed by atoms with Crippen molar-refractivity contribution in [3.05, 3.63) is 53.0 Å². The van der Waals surface area contributed by atoms with Crippen molar-refractivity contribution < 1.29 is 9.53 Å². The molecule has 0 saturated carbocycles. The summed E-state index contributed by atoms with van der Waals surface area (Å²) in [4.78, 5) is 13.7. The molecule has 2 aromatic rings. The van der Waals surface area contributed by atoms with Crippen molar-refractivity contribution in [3.8, 4) is 5.75 Å². The van der Waals surface area contributed by atoms with Crippen LogP contribution in [0.5, 0.6) is 5.75 Å². The van der Waals surface area contributed by atoms with E-state index < -0.39 is 0 Å². The fourth-order valence-corrected chi connectivity index (χ4v) is 2.57. The molecule has 4 nitrogen and oxygen atoms in total. The molecule has 3 rings (SSSR count). The number of rotatable bonds is 4. The molecule has 5 heteroatoms. The lowest BCUT2D eigenvalue weighted by Gasteiger charge is -2.30. The summed E-state index contributed by atoms with van der Waals surface area (Å²) in [5.41, 5.74) is 1.90. The van der Waals surface area contributed by atoms with E-state index in [1.807, 2.05) is 53.4 Å². The first-order valence-electron chi connectivity index (χ1n) is 6.74. The van der Waals surface area contributed by atoms with Crippen LogP contribution in [-0.2, 0) is 4.79 Å². The van der Waals surface area contributed by atoms with Crippen molar-refractivity contribution in [2.75, 3.05) is 29.9 Å². The molecule has 0 aromatic heterocycles. The van der Waals surface area contributed by atoms with E-state index in [1.54, 1.807) is 0 Å². The van der Waals surface area contributed by atoms with Crippen molar-refractivity contribution in [2.45, 2.75) is 0 Å². The summed E-state index contributed by atoms with van der Waals surface area (Å²) in [5, 5.41) is 2.88. The highest BCUT2D eigenvalue weighted by atomic mass is 79.9. The number of nitrogens with zero attached hydrogens (tertiary/aromatic N) is 1. The maximum absolute atomic E-state index is 11.7. The van der Waals surface area contributed by atoms with E-state index in [0.717, 1.165) is 21.6 Å². The van der Waals surface area contributed by atoms with E-state index >= 15 is 0 Å². The summed E-state index contributed by atoms with van der Waals surface area (Å²) in [7, 11) is 0. The van der Waals surface area contributed by atoms with Crippen LogP contribution in [0, 0.1) is 0 Å². The van der Waals surface area contributed by atoms with Crippen LogP contribution in [0.2, 0.25) is 0 Å². The number of hydrogen-bond acceptors (Lipinski definition) is 3. The first kappa shape index (κ1) is 13.9. The third-order valence-electron chi connectivity index (χ3n) is 3.30. The summed E-state index contributed by atoms with van der Waals surface area (Å²) in [6.07, 6.45) is 0. The maximum Gasteiger partial charge on any atom is 0.243 e. The van der Waals surface area contributed by atoms with Gasteiger partial charge in [-0.05, 0) is 36.4 Å². The molecule has 0 saturated heterocycles. The molecule has 0 bridgehead atoms. The van der Waals surface area contributed by atoms with Gasteiger partial charge in [0, 0.05) is 4.47 Å². The highest BCUT2D eigenvalue weighted by molar-refractivity contribution is 9.10. The fourth-order valence-electron chi connectivity index (χ4n) is 2.31. The predicted octanol–water partition coefficient (Wildman–Crippen LogP) is 3.29. The number of carbonyl (C=O) groups excluding carboxylic acids is 1. The van der Waals surface area contributed by atoms with E-state index in [2.05, 4.69) is 21.2 Å². The molecule has 1 heterocycles. The number of hydrogen-bond donors (Lipinski definition) is 1. The first-order chi connectivity index (χ1) is 10.2. The molecule has 0 spiro atoms. The Balaban J connectivity index is 1.63. The average Bonchev–Trinajstić information content (AvgIpc) is 2.49. The highest BCUT2D eigenvalue weighted by Gasteiger charge is 2.20. The number of anilines is 2. The van der Waals surface area contributed by atoms with Gasteiger partial charge in [0.25, 0.3) is 0 Å². The quantitative estimate of drug-likeness (QED) is 0.923. The largest absolute Gasteiger partial charge is 0.492 e. The highest BCUT2D eigenvalue weighted by Crippen LogP contribution is 2.28. The van der Waals surface area contributed by atoms with Crippen molar-refractivity contribution in [3.63, 3.8) is 0 Å². The second-order valence-corrected chi connectivity index (χ2v) is 5.70. The van der Waals surface area contributed by atoms with E-state index in [1.165, 1.54) is 0 Å². The third-order valence-corrected chi connectivity index (χ3v) is 3.83. The zero-order valence-electron chi connectivity index (χ0n) is 11.4. The van der Waals surface area contributed by atoms with Crippen LogP contribution in [0.4, 0.5) is 11.4 Å². The number of benzene rings is 2. The SMILES string of the molecule is O=C1CN(CCOc2ccc(Br)cc2)c2ccccc2N1. The van der Waals surface area contributed by atoms with Gasteiger partial charge in [-0.25, -0.2) is 0 Å². The first-order valence-corrected chi connectivity index (χ1v) is 7.54. The average molecular weight is 347 g/mol. The van der Waals surface area contributed by atoms with Gasteiger partial charge >= 0.3 is 0 Å². The van der Waals surface area contributed by atoms with Crippen molar-refractivity contribution in [1.82, 2.24) is 0 Å². The Labute approximate surface area is 131 Å². The van der Waals surface area contributed by atoms with Crippen molar-refractivity contribution in [1.29, 1.82) is 0 Å². The number of nitrogens with one attached hydrogen (secondary N) is 1. The Bertz CT molecular complexity index is 643. The number of carbonyl (C=O) groups is 1. The zero-order chi connectivity index (χ0) is 14.7. The minimum absolute atomic E-state index is 0.0114. The van der Waals surface area contributed by atoms with Gasteiger partial charge in [0.05, 0.1) is 24.5 Å². The monoisotopic (exact) mass is 346 g/mol. The van der Waals surface area contributed by atoms with Gasteiger partial charge < -0.3 is 15.0 Å². The van der Waals surface area contributed by atoms with Crippen LogP contribution in [0.1, 0.15) is 0 Å². The second kappa shape index (κ2) is 6.18. The minimum Gasteiger partial charge on any atom is -0.492 e. The minimum atomic E-state index is 0.0114. The molecule has 21 heavy (non-hydrogen) atoms. The lowest BCUT2D eigenvalue weighted by atomic mass is 10.2. The van der Waals surface area contributed by atoms with Crippen LogP contribution in [0.15, 0.2) is 53.0 Å². The van der Waals surface area contributed by atoms with Gasteiger partial charge in [-0.1, -0.05) is 28.1 Å². The summed E-state index contributed by atoms with van der Waals surface area (Å²) in [6, 6.07) is 15.5. The topological polar surface area (TPSA) is 41.6 Å². The Morgan fingerprint density at radius 2 is 1.90 bits per heavy atom. The Hall–Kier alpha value is -2.01. The van der Waals surface area contributed by atoms with E-state index in [-0.39, 0.29) is 5.91 Å². The van der Waals surface area contributed by atoms with Crippen LogP contribution < -0.4 is 15.0 Å². The number of halogens is 1. The van der Waals surface area contributed by atoms with Crippen LogP contribution >= 0.6 is 15.9 Å². The van der Waals surface area contributed by atoms with Gasteiger partial charge in [0.15, 0.2) is 0 Å². The molecule has 0 radical (unpaired) electrons.